The number of carboxylic acid groups (broad SMARTS) is 1. The van der Waals surface area contributed by atoms with Crippen molar-refractivity contribution in [3.8, 4) is 0 Å². The van der Waals surface area contributed by atoms with Crippen LogP contribution in [0.15, 0.2) is 100 Å². The number of primary amides is 1. The Bertz CT molecular complexity index is 3150. The van der Waals surface area contributed by atoms with Crippen LogP contribution in [0.4, 0.5) is 4.79 Å². The highest BCUT2D eigenvalue weighted by Crippen LogP contribution is 2.37. The molecule has 2 heterocycles. The minimum absolute atomic E-state index is 0. The van der Waals surface area contributed by atoms with E-state index in [4.69, 9.17) is 44.9 Å². The number of carboxylic acids is 1. The number of amides is 3. The van der Waals surface area contributed by atoms with E-state index in [1.165, 1.54) is 0 Å². The molecule has 0 saturated carbocycles. The van der Waals surface area contributed by atoms with E-state index < -0.39 is 141 Å². The van der Waals surface area contributed by atoms with Crippen LogP contribution in [-0.4, -0.2) is 130 Å². The lowest BCUT2D eigenvalue weighted by molar-refractivity contribution is -0.163. The molecule has 5 aromatic rings. The fraction of sp³-hybridized carbons (Fsp3) is 0.526. The van der Waals surface area contributed by atoms with E-state index in [9.17, 15) is 45.9 Å². The van der Waals surface area contributed by atoms with Gasteiger partial charge in [-0.1, -0.05) is 123 Å². The molecule has 0 radical (unpaired) electrons. The Hall–Kier alpha value is -7.33. The predicted molar refractivity (Wildman–Crippen MR) is 323 cm³/mol. The van der Waals surface area contributed by atoms with Gasteiger partial charge in [-0.2, -0.15) is 45.7 Å². The van der Waals surface area contributed by atoms with E-state index >= 15 is 0 Å². The molecule has 29 nitrogen and oxygen atoms in total. The Kier molecular flexibility index (Phi) is 28.6. The largest absolute Gasteiger partial charge is 0.480 e. The van der Waals surface area contributed by atoms with Gasteiger partial charge in [0.15, 0.2) is 11.6 Å². The van der Waals surface area contributed by atoms with Crippen LogP contribution in [0.1, 0.15) is 181 Å². The summed E-state index contributed by atoms with van der Waals surface area (Å²) >= 11 is 0. The van der Waals surface area contributed by atoms with E-state index in [1.54, 1.807) is 80.9 Å². The first-order chi connectivity index (χ1) is 39.9. The number of nitrogens with zero attached hydrogens (tertiary/aromatic N) is 4. The van der Waals surface area contributed by atoms with Crippen molar-refractivity contribution in [1.82, 2.24) is 49.8 Å². The molecular weight excluding hydrogens is 1190 g/mol. The highest BCUT2D eigenvalue weighted by molar-refractivity contribution is 7.87. The third kappa shape index (κ3) is 24.0. The summed E-state index contributed by atoms with van der Waals surface area (Å²) < 4.78 is 88.6. The number of carbonyl (C=O) groups excluding carboxylic acids is 4. The van der Waals surface area contributed by atoms with Gasteiger partial charge in [0.25, 0.3) is 20.4 Å². The normalized spacial score (nSPS) is 14.9. The molecule has 8 atom stereocenters. The van der Waals surface area contributed by atoms with Gasteiger partial charge in [-0.3, -0.25) is 19.2 Å². The number of nitrogens with two attached hydrogens (primary N) is 2. The number of hydrogen-bond donors (Lipinski definition) is 11. The van der Waals surface area contributed by atoms with Gasteiger partial charge in [0.05, 0.1) is 49.3 Å². The Balaban J connectivity index is 0.000000792. The highest BCUT2D eigenvalue weighted by atomic mass is 32.2. The minimum atomic E-state index is -4.71. The average molecular weight is 1280 g/mol. The van der Waals surface area contributed by atoms with E-state index in [1.807, 2.05) is 95.7 Å². The molecule has 0 aliphatic carbocycles. The molecule has 0 spiro atoms. The number of nitrogens with one attached hydrogen (secondary N) is 6. The molecule has 2 aromatic heterocycles. The molecule has 2 unspecified atom stereocenters. The second kappa shape index (κ2) is 32.8. The van der Waals surface area contributed by atoms with Crippen molar-refractivity contribution in [2.75, 3.05) is 6.61 Å². The number of carbonyl (C=O) groups is 5. The lowest BCUT2D eigenvalue weighted by atomic mass is 9.77. The Morgan fingerprint density at radius 1 is 0.625 bits per heavy atom. The van der Waals surface area contributed by atoms with Crippen LogP contribution >= 0.6 is 0 Å². The van der Waals surface area contributed by atoms with Crippen molar-refractivity contribution in [3.05, 3.63) is 131 Å². The summed E-state index contributed by atoms with van der Waals surface area (Å²) in [5.74, 6) is -4.81. The van der Waals surface area contributed by atoms with E-state index in [2.05, 4.69) is 40.4 Å². The zero-order valence-corrected chi connectivity index (χ0v) is 51.6. The number of ether oxygens (including phenoxy) is 3. The van der Waals surface area contributed by atoms with Crippen LogP contribution in [0.3, 0.4) is 0 Å². The molecule has 0 aliphatic rings. The van der Waals surface area contributed by atoms with Crippen molar-refractivity contribution in [2.24, 2.45) is 11.5 Å². The molecule has 0 bridgehead atoms. The quantitative estimate of drug-likeness (QED) is 0.0244. The monoisotopic (exact) mass is 1280 g/mol. The number of rotatable bonds is 28. The summed E-state index contributed by atoms with van der Waals surface area (Å²) in [6.07, 6.45) is -4.10. The topological polar surface area (TPSA) is 444 Å². The van der Waals surface area contributed by atoms with Crippen molar-refractivity contribution < 1.29 is 79.4 Å². The third-order valence-corrected chi connectivity index (χ3v) is 14.1. The van der Waals surface area contributed by atoms with Gasteiger partial charge in [0.1, 0.15) is 40.9 Å². The van der Waals surface area contributed by atoms with Crippen molar-refractivity contribution in [1.29, 1.82) is 0 Å². The third-order valence-electron chi connectivity index (χ3n) is 11.8. The van der Waals surface area contributed by atoms with Crippen molar-refractivity contribution in [2.45, 2.75) is 188 Å². The molecule has 13 N–H and O–H groups in total. The van der Waals surface area contributed by atoms with Crippen LogP contribution in [0.5, 0.6) is 0 Å². The zero-order chi connectivity index (χ0) is 64.6. The Morgan fingerprint density at radius 3 is 1.43 bits per heavy atom. The molecule has 0 saturated heterocycles. The summed E-state index contributed by atoms with van der Waals surface area (Å²) in [4.78, 5) is 71.4. The van der Waals surface area contributed by atoms with Gasteiger partial charge < -0.3 is 60.7 Å². The molecule has 88 heavy (non-hydrogen) atoms. The van der Waals surface area contributed by atoms with Crippen molar-refractivity contribution in [3.63, 3.8) is 0 Å². The summed E-state index contributed by atoms with van der Waals surface area (Å²) in [7, 11) is -9.25. The molecule has 31 heteroatoms. The molecule has 0 aliphatic heterocycles. The number of aliphatic hydroxyl groups is 2. The van der Waals surface area contributed by atoms with E-state index in [0.717, 1.165) is 23.6 Å². The number of esters is 1. The van der Waals surface area contributed by atoms with Crippen LogP contribution < -0.4 is 41.0 Å². The fourth-order valence-electron chi connectivity index (χ4n) is 8.20. The number of alkyl carbamates (subject to hydrolysis) is 1. The van der Waals surface area contributed by atoms with Gasteiger partial charge in [0.2, 0.25) is 23.6 Å². The van der Waals surface area contributed by atoms with E-state index in [-0.39, 0.29) is 38.3 Å². The van der Waals surface area contributed by atoms with Gasteiger partial charge in [0, 0.05) is 0 Å². The molecular formula is C57H88N12O17S2. The zero-order valence-electron chi connectivity index (χ0n) is 49.9. The number of aliphatic hydroxyl groups excluding tert-OH is 2. The molecule has 3 aromatic carbocycles. The fourth-order valence-corrected chi connectivity index (χ4v) is 10.7. The van der Waals surface area contributed by atoms with Crippen LogP contribution in [0.2, 0.25) is 0 Å². The van der Waals surface area contributed by atoms with E-state index in [0.29, 0.717) is 6.42 Å². The number of hydrogen-bond acceptors (Lipinski definition) is 21. The van der Waals surface area contributed by atoms with Gasteiger partial charge in [-0.15, -0.1) is 0 Å². The number of aliphatic carboxylic acids is 1. The van der Waals surface area contributed by atoms with Crippen molar-refractivity contribution >= 4 is 50.3 Å². The van der Waals surface area contributed by atoms with Crippen LogP contribution in [0.25, 0.3) is 0 Å². The van der Waals surface area contributed by atoms with Gasteiger partial charge in [-0.05, 0) is 99.3 Å². The smallest absolute Gasteiger partial charge is 0.408 e. The van der Waals surface area contributed by atoms with Crippen LogP contribution in [-0.2, 0) is 59.3 Å². The first-order valence-electron chi connectivity index (χ1n) is 27.1. The summed E-state index contributed by atoms with van der Waals surface area (Å²) in [6, 6.07) is 20.1. The molecule has 3 amide bonds. The SMILES string of the molecule is C.C.CC(O)[C@H](NS(=O)(=O)N[C@@H](CC(N)=O)c1nc([C@@H](N)CO)no1)C(=O)O.CC[C@H](NC(=O)OC(C)(C)C)c1noc([C@H](CC(=O)NC(c2ccccc2)(c2ccccc2)c2ccccc2)NS(=O)(=O)N[C@H](C(=O)OC(C)(C)C)C(C)OC(C)(C)C)n1. The second-order valence-electron chi connectivity index (χ2n) is 22.7. The second-order valence-corrected chi connectivity index (χ2v) is 25.7. The summed E-state index contributed by atoms with van der Waals surface area (Å²) in [5.41, 5.74) is 9.03. The van der Waals surface area contributed by atoms with Crippen LogP contribution in [0, 0.1) is 0 Å². The van der Waals surface area contributed by atoms with Gasteiger partial charge in [-0.25, -0.2) is 4.79 Å². The summed E-state index contributed by atoms with van der Waals surface area (Å²) in [5, 5.41) is 40.7. The maximum Gasteiger partial charge on any atom is 0.408 e. The molecule has 5 rings (SSSR count). The Morgan fingerprint density at radius 2 is 1.05 bits per heavy atom. The lowest BCUT2D eigenvalue weighted by Gasteiger charge is -2.37. The standard InChI is InChI=1S/C44H60N6O9S.C11H20N6O8S.2CH4/c1-12-33(45-40(53)58-43(9,10)11)37-46-38(59-48-37)34(49-60(54,55)50-36(29(2)56-41(3,4)5)39(52)57-42(6,7)8)28-35(51)47-44(30-22-16-13-17-23-30,31-24-18-14-19-25-31)32-26-20-15-21-27-32;1-4(19)8(11(21)22)17-26(23,24)16-6(2-7(13)20)10-14-9(15-25-10)5(12)3-18;;/h13-27,29,33-34,36,49-50H,12,28H2,1-11H3,(H,45,53)(H,47,51);4-6,8,16-19H,2-3,12H2,1H3,(H2,13,20)(H,21,22);2*1H4/t29?,33-,34-,36-;4?,5-,6-,8-;;/m00../s1. The maximum absolute atomic E-state index is 14.7. The average Bonchev–Trinajstić information content (AvgIpc) is 1.25. The predicted octanol–water partition coefficient (Wildman–Crippen LogP) is 4.43. The highest BCUT2D eigenvalue weighted by Gasteiger charge is 2.42. The first kappa shape index (κ1) is 76.8. The minimum Gasteiger partial charge on any atom is -0.480 e. The number of benzene rings is 3. The molecule has 0 fully saturated rings. The first-order valence-corrected chi connectivity index (χ1v) is 30.0. The van der Waals surface area contributed by atoms with Gasteiger partial charge >= 0.3 is 18.0 Å². The Labute approximate surface area is 514 Å². The lowest BCUT2D eigenvalue weighted by Crippen LogP contribution is -2.55. The maximum atomic E-state index is 14.7. The number of aromatic nitrogens is 4. The summed E-state index contributed by atoms with van der Waals surface area (Å²) in [6.45, 7) is 19.4. The molecule has 490 valence electrons.